The number of Topliss-reactive ketones (excluding diaryl/α,β-unsaturated/α-hetero) is 1. The molecule has 4 rings (SSSR count). The van der Waals surface area contributed by atoms with E-state index in [9.17, 15) is 19.8 Å². The Bertz CT molecular complexity index is 842. The fraction of sp³-hybridized carbons (Fsp3) is 0.935. The molecule has 0 spiro atoms. The molecular formula is C31H52O5. The molecule has 0 aromatic heterocycles. The topological polar surface area (TPSA) is 83.8 Å². The van der Waals surface area contributed by atoms with Crippen LogP contribution in [0.1, 0.15) is 119 Å². The van der Waals surface area contributed by atoms with Crippen LogP contribution in [0.4, 0.5) is 0 Å². The van der Waals surface area contributed by atoms with Gasteiger partial charge in [0.25, 0.3) is 0 Å². The van der Waals surface area contributed by atoms with Crippen molar-refractivity contribution in [1.82, 2.24) is 0 Å². The van der Waals surface area contributed by atoms with Gasteiger partial charge in [-0.3, -0.25) is 9.59 Å². The zero-order valence-electron chi connectivity index (χ0n) is 23.9. The third-order valence-electron chi connectivity index (χ3n) is 12.0. The van der Waals surface area contributed by atoms with Gasteiger partial charge in [0.05, 0.1) is 11.2 Å². The summed E-state index contributed by atoms with van der Waals surface area (Å²) in [7, 11) is 0. The van der Waals surface area contributed by atoms with Gasteiger partial charge >= 0.3 is 5.97 Å². The molecule has 0 aromatic carbocycles. The SMILES string of the molecule is CC[C@H](CC[C@](C)(O)[C@H]1CC(=O)[C@H]2[C@@H]3CC[C@H]4C[C@@H](OC(C)=O)CC[C@]4(C)[C@H]3CC[C@@]21C)C(C)(C)O. The number of rotatable bonds is 7. The van der Waals surface area contributed by atoms with Crippen molar-refractivity contribution in [3.63, 3.8) is 0 Å². The molecule has 10 atom stereocenters. The van der Waals surface area contributed by atoms with Crippen LogP contribution in [0.25, 0.3) is 0 Å². The second-order valence-corrected chi connectivity index (χ2v) is 14.5. The highest BCUT2D eigenvalue weighted by atomic mass is 16.5. The fourth-order valence-corrected chi connectivity index (χ4v) is 9.98. The molecule has 0 heterocycles. The van der Waals surface area contributed by atoms with Gasteiger partial charge in [-0.15, -0.1) is 0 Å². The number of ether oxygens (including phenoxy) is 1. The van der Waals surface area contributed by atoms with Gasteiger partial charge in [-0.05, 0) is 113 Å². The molecule has 4 fully saturated rings. The van der Waals surface area contributed by atoms with Crippen molar-refractivity contribution in [2.75, 3.05) is 0 Å². The molecule has 0 amide bonds. The van der Waals surface area contributed by atoms with Crippen LogP contribution in [-0.4, -0.2) is 39.3 Å². The Morgan fingerprint density at radius 3 is 2.36 bits per heavy atom. The van der Waals surface area contributed by atoms with Gasteiger partial charge < -0.3 is 14.9 Å². The molecule has 4 saturated carbocycles. The van der Waals surface area contributed by atoms with Crippen LogP contribution in [0.15, 0.2) is 0 Å². The number of carbonyl (C=O) groups is 2. The van der Waals surface area contributed by atoms with Gasteiger partial charge in [0.2, 0.25) is 0 Å². The van der Waals surface area contributed by atoms with E-state index in [1.165, 1.54) is 6.92 Å². The summed E-state index contributed by atoms with van der Waals surface area (Å²) in [6.45, 7) is 14.1. The number of fused-ring (bicyclic) bond motifs is 5. The summed E-state index contributed by atoms with van der Waals surface area (Å²) in [5, 5.41) is 22.4. The Balaban J connectivity index is 1.51. The minimum Gasteiger partial charge on any atom is -0.463 e. The number of ketones is 1. The number of hydrogen-bond donors (Lipinski definition) is 2. The molecule has 0 radical (unpaired) electrons. The molecular weight excluding hydrogens is 452 g/mol. The quantitative estimate of drug-likeness (QED) is 0.410. The average molecular weight is 505 g/mol. The third-order valence-corrected chi connectivity index (χ3v) is 12.0. The Hall–Kier alpha value is -0.940. The maximum atomic E-state index is 13.7. The van der Waals surface area contributed by atoms with Crippen LogP contribution in [0.2, 0.25) is 0 Å². The van der Waals surface area contributed by atoms with Gasteiger partial charge in [-0.25, -0.2) is 0 Å². The summed E-state index contributed by atoms with van der Waals surface area (Å²) in [5.74, 6) is 1.88. The summed E-state index contributed by atoms with van der Waals surface area (Å²) in [6, 6.07) is 0. The van der Waals surface area contributed by atoms with Crippen molar-refractivity contribution in [1.29, 1.82) is 0 Å². The Kier molecular flexibility index (Phi) is 7.54. The summed E-state index contributed by atoms with van der Waals surface area (Å²) in [4.78, 5) is 25.3. The highest BCUT2D eigenvalue weighted by molar-refractivity contribution is 5.85. The monoisotopic (exact) mass is 504 g/mol. The van der Waals surface area contributed by atoms with E-state index in [4.69, 9.17) is 4.74 Å². The van der Waals surface area contributed by atoms with Crippen molar-refractivity contribution in [3.8, 4) is 0 Å². The maximum Gasteiger partial charge on any atom is 0.302 e. The molecule has 4 aliphatic rings. The summed E-state index contributed by atoms with van der Waals surface area (Å²) < 4.78 is 5.61. The lowest BCUT2D eigenvalue weighted by molar-refractivity contribution is -0.166. The summed E-state index contributed by atoms with van der Waals surface area (Å²) in [5.41, 5.74) is -1.61. The minimum absolute atomic E-state index is 0.0204. The van der Waals surface area contributed by atoms with Crippen LogP contribution in [-0.2, 0) is 14.3 Å². The first-order chi connectivity index (χ1) is 16.6. The molecule has 0 saturated heterocycles. The highest BCUT2D eigenvalue weighted by Crippen LogP contribution is 2.68. The first kappa shape index (κ1) is 28.1. The number of hydrogen-bond acceptors (Lipinski definition) is 5. The van der Waals surface area contributed by atoms with Crippen LogP contribution >= 0.6 is 0 Å². The molecule has 0 bridgehead atoms. The second-order valence-electron chi connectivity index (χ2n) is 14.5. The van der Waals surface area contributed by atoms with Crippen LogP contribution in [0.5, 0.6) is 0 Å². The minimum atomic E-state index is -0.909. The van der Waals surface area contributed by atoms with Gasteiger partial charge in [0.15, 0.2) is 0 Å². The van der Waals surface area contributed by atoms with Crippen molar-refractivity contribution >= 4 is 11.8 Å². The molecule has 0 unspecified atom stereocenters. The van der Waals surface area contributed by atoms with E-state index in [-0.39, 0.29) is 40.7 Å². The molecule has 4 aliphatic carbocycles. The van der Waals surface area contributed by atoms with E-state index in [2.05, 4.69) is 20.8 Å². The van der Waals surface area contributed by atoms with Crippen LogP contribution < -0.4 is 0 Å². The number of carbonyl (C=O) groups excluding carboxylic acids is 2. The van der Waals surface area contributed by atoms with Gasteiger partial charge in [0, 0.05) is 25.2 Å². The molecule has 206 valence electrons. The number of esters is 1. The molecule has 5 nitrogen and oxygen atoms in total. The molecule has 0 aliphatic heterocycles. The van der Waals surface area contributed by atoms with E-state index in [1.54, 1.807) is 0 Å². The molecule has 2 N–H and O–H groups in total. The summed E-state index contributed by atoms with van der Waals surface area (Å²) in [6.07, 6.45) is 10.1. The average Bonchev–Trinajstić information content (AvgIpc) is 3.04. The molecule has 5 heteroatoms. The zero-order chi connectivity index (χ0) is 26.7. The van der Waals surface area contributed by atoms with E-state index < -0.39 is 11.2 Å². The zero-order valence-corrected chi connectivity index (χ0v) is 23.9. The van der Waals surface area contributed by atoms with Crippen molar-refractivity contribution in [2.24, 2.45) is 46.3 Å². The smallest absolute Gasteiger partial charge is 0.302 e. The molecule has 0 aromatic rings. The van der Waals surface area contributed by atoms with Crippen molar-refractivity contribution in [3.05, 3.63) is 0 Å². The van der Waals surface area contributed by atoms with E-state index in [0.717, 1.165) is 57.8 Å². The predicted molar refractivity (Wildman–Crippen MR) is 141 cm³/mol. The predicted octanol–water partition coefficient (Wildman–Crippen LogP) is 6.08. The highest BCUT2D eigenvalue weighted by Gasteiger charge is 2.65. The first-order valence-corrected chi connectivity index (χ1v) is 14.8. The fourth-order valence-electron chi connectivity index (χ4n) is 9.98. The van der Waals surface area contributed by atoms with Crippen LogP contribution in [0, 0.1) is 46.3 Å². The van der Waals surface area contributed by atoms with Crippen LogP contribution in [0.3, 0.4) is 0 Å². The molecule has 36 heavy (non-hydrogen) atoms. The second kappa shape index (κ2) is 9.67. The Morgan fingerprint density at radius 2 is 1.75 bits per heavy atom. The van der Waals surface area contributed by atoms with E-state index in [0.29, 0.717) is 36.4 Å². The largest absolute Gasteiger partial charge is 0.463 e. The normalized spacial score (nSPS) is 43.1. The Labute approximate surface area is 219 Å². The number of aliphatic hydroxyl groups is 2. The van der Waals surface area contributed by atoms with E-state index >= 15 is 0 Å². The van der Waals surface area contributed by atoms with Gasteiger partial charge in [0.1, 0.15) is 11.9 Å². The maximum absolute atomic E-state index is 13.7. The lowest BCUT2D eigenvalue weighted by Crippen LogP contribution is -2.56. The lowest BCUT2D eigenvalue weighted by Gasteiger charge is -2.61. The summed E-state index contributed by atoms with van der Waals surface area (Å²) >= 11 is 0. The van der Waals surface area contributed by atoms with E-state index in [1.807, 2.05) is 20.8 Å². The van der Waals surface area contributed by atoms with Crippen molar-refractivity contribution < 1.29 is 24.5 Å². The Morgan fingerprint density at radius 1 is 1.08 bits per heavy atom. The van der Waals surface area contributed by atoms with Gasteiger partial charge in [-0.2, -0.15) is 0 Å². The standard InChI is InChI=1S/C31H52O5/c1-8-20(28(3,4)34)11-16-31(7,35)26-18-25(33)27-23-10-9-21-17-22(36-19(2)32)12-14-29(21,5)24(23)13-15-30(26,27)6/h20-24,26-27,34-35H,8-18H2,1-7H3/t20-,21+,22+,23-,24+,26+,27-,29+,30-,31+/m1/s1. The third kappa shape index (κ3) is 4.81. The lowest BCUT2D eigenvalue weighted by atomic mass is 9.44. The van der Waals surface area contributed by atoms with Crippen molar-refractivity contribution in [2.45, 2.75) is 136 Å². The first-order valence-electron chi connectivity index (χ1n) is 14.8. The van der Waals surface area contributed by atoms with Gasteiger partial charge in [-0.1, -0.05) is 27.2 Å².